The summed E-state index contributed by atoms with van der Waals surface area (Å²) < 4.78 is 17.8. The standard InChI is InChI=1S/C5H5.3CH3O.CH3.Ti/c1-2-4-5-3-1;3*1-2;;/h1-3H,4H2;3*1H3;1H3;/q;3*-1;;+3. The maximum absolute atomic E-state index is 5.55. The molecule has 0 spiro atoms. The zero-order valence-corrected chi connectivity index (χ0v) is 10.2. The SMILES string of the molecule is C[O][Ti]([CH3])([O]C)([O]C)[C]1=CC=CC1. The van der Waals surface area contributed by atoms with Crippen LogP contribution in [-0.4, -0.2) is 21.3 Å². The second-order valence-electron chi connectivity index (χ2n) is 3.36. The van der Waals surface area contributed by atoms with Crippen molar-refractivity contribution in [2.45, 2.75) is 11.6 Å². The van der Waals surface area contributed by atoms with Gasteiger partial charge in [-0.15, -0.1) is 0 Å². The fourth-order valence-electron chi connectivity index (χ4n) is 1.50. The molecule has 0 bridgehead atoms. The Balaban J connectivity index is 3.03. The van der Waals surface area contributed by atoms with Crippen LogP contribution in [-0.2, 0) is 26.4 Å². The molecular weight excluding hydrogens is 204 g/mol. The predicted molar refractivity (Wildman–Crippen MR) is 48.7 cm³/mol. The van der Waals surface area contributed by atoms with Gasteiger partial charge in [0.05, 0.1) is 0 Å². The van der Waals surface area contributed by atoms with Crippen molar-refractivity contribution in [3.05, 3.63) is 22.1 Å². The van der Waals surface area contributed by atoms with Crippen LogP contribution in [0.1, 0.15) is 6.42 Å². The van der Waals surface area contributed by atoms with Crippen LogP contribution in [0, 0.1) is 0 Å². The van der Waals surface area contributed by atoms with Gasteiger partial charge in [0.1, 0.15) is 0 Å². The van der Waals surface area contributed by atoms with Crippen LogP contribution >= 0.6 is 0 Å². The monoisotopic (exact) mass is 221 g/mol. The van der Waals surface area contributed by atoms with Crippen LogP contribution < -0.4 is 0 Å². The van der Waals surface area contributed by atoms with E-state index < -0.39 is 16.5 Å². The first-order chi connectivity index (χ1) is 6.09. The Morgan fingerprint density at radius 1 is 1.15 bits per heavy atom. The predicted octanol–water partition coefficient (Wildman–Crippen LogP) is 2.25. The van der Waals surface area contributed by atoms with Gasteiger partial charge in [0.2, 0.25) is 0 Å². The molecule has 0 N–H and O–H groups in total. The van der Waals surface area contributed by atoms with Crippen molar-refractivity contribution >= 4 is 0 Å². The van der Waals surface area contributed by atoms with Gasteiger partial charge in [-0.25, -0.2) is 0 Å². The van der Waals surface area contributed by atoms with Crippen molar-refractivity contribution in [1.82, 2.24) is 0 Å². The first kappa shape index (κ1) is 11.2. The molecule has 0 atom stereocenters. The Labute approximate surface area is 81.7 Å². The molecule has 0 heterocycles. The quantitative estimate of drug-likeness (QED) is 0.681. The van der Waals surface area contributed by atoms with Gasteiger partial charge in [0.25, 0.3) is 0 Å². The molecule has 0 fully saturated rings. The number of hydrogen-bond acceptors (Lipinski definition) is 3. The van der Waals surface area contributed by atoms with Gasteiger partial charge in [-0.2, -0.15) is 0 Å². The Bertz CT molecular complexity index is 243. The van der Waals surface area contributed by atoms with E-state index in [2.05, 4.69) is 6.08 Å². The summed E-state index contributed by atoms with van der Waals surface area (Å²) in [7, 11) is 4.97. The first-order valence-corrected chi connectivity index (χ1v) is 8.56. The van der Waals surface area contributed by atoms with Crippen LogP contribution in [0.25, 0.3) is 0 Å². The molecule has 13 heavy (non-hydrogen) atoms. The summed E-state index contributed by atoms with van der Waals surface area (Å²) in [5.41, 5.74) is 0. The fraction of sp³-hybridized carbons (Fsp3) is 0.556. The fourth-order valence-corrected chi connectivity index (χ4v) is 5.13. The van der Waals surface area contributed by atoms with E-state index in [0.717, 1.165) is 10.3 Å². The molecule has 0 aliphatic heterocycles. The molecule has 4 heteroatoms. The average Bonchev–Trinajstić information content (AvgIpc) is 2.71. The van der Waals surface area contributed by atoms with Crippen LogP contribution in [0.4, 0.5) is 0 Å². The summed E-state index contributed by atoms with van der Waals surface area (Å²) in [5.74, 6) is 0. The zero-order valence-electron chi connectivity index (χ0n) is 8.66. The van der Waals surface area contributed by atoms with Gasteiger partial charge >= 0.3 is 81.5 Å². The average molecular weight is 221 g/mol. The van der Waals surface area contributed by atoms with E-state index in [9.17, 15) is 0 Å². The molecule has 0 aromatic rings. The van der Waals surface area contributed by atoms with E-state index in [4.69, 9.17) is 9.96 Å². The molecule has 75 valence electrons. The van der Waals surface area contributed by atoms with Gasteiger partial charge < -0.3 is 0 Å². The van der Waals surface area contributed by atoms with Crippen LogP contribution in [0.2, 0.25) is 5.23 Å². The Kier molecular flexibility index (Phi) is 3.15. The third kappa shape index (κ3) is 1.67. The Morgan fingerprint density at radius 2 is 1.69 bits per heavy atom. The maximum atomic E-state index is 5.55. The molecular formula is C9H17O3Ti. The van der Waals surface area contributed by atoms with E-state index in [0.29, 0.717) is 0 Å². The minimum absolute atomic E-state index is 0.878. The topological polar surface area (TPSA) is 27.7 Å². The Hall–Kier alpha value is 0.0743. The summed E-state index contributed by atoms with van der Waals surface area (Å²) >= 11 is -3.67. The van der Waals surface area contributed by atoms with Crippen molar-refractivity contribution in [3.8, 4) is 0 Å². The molecule has 1 aliphatic carbocycles. The summed E-state index contributed by atoms with van der Waals surface area (Å²) in [6.45, 7) is 0. The van der Waals surface area contributed by atoms with Crippen molar-refractivity contribution < 1.29 is 26.4 Å². The van der Waals surface area contributed by atoms with Gasteiger partial charge in [-0.3, -0.25) is 0 Å². The number of allylic oxidation sites excluding steroid dienone is 4. The molecule has 0 amide bonds. The van der Waals surface area contributed by atoms with Crippen molar-refractivity contribution in [1.29, 1.82) is 0 Å². The van der Waals surface area contributed by atoms with E-state index in [1.807, 2.05) is 17.4 Å². The zero-order chi connectivity index (χ0) is 9.97. The minimum atomic E-state index is -3.67. The molecule has 0 aromatic heterocycles. The molecule has 0 saturated heterocycles. The van der Waals surface area contributed by atoms with Gasteiger partial charge in [0.15, 0.2) is 0 Å². The van der Waals surface area contributed by atoms with Crippen LogP contribution in [0.5, 0.6) is 0 Å². The molecule has 0 unspecified atom stereocenters. The van der Waals surface area contributed by atoms with Crippen LogP contribution in [0.3, 0.4) is 0 Å². The van der Waals surface area contributed by atoms with Crippen molar-refractivity contribution in [2.75, 3.05) is 21.3 Å². The molecule has 0 aromatic carbocycles. The molecule has 1 aliphatic rings. The van der Waals surface area contributed by atoms with Crippen LogP contribution in [0.15, 0.2) is 22.1 Å². The number of hydrogen-bond donors (Lipinski definition) is 0. The van der Waals surface area contributed by atoms with E-state index >= 15 is 0 Å². The van der Waals surface area contributed by atoms with E-state index in [-0.39, 0.29) is 0 Å². The van der Waals surface area contributed by atoms with E-state index in [1.165, 1.54) is 0 Å². The Morgan fingerprint density at radius 3 is 2.00 bits per heavy atom. The van der Waals surface area contributed by atoms with Gasteiger partial charge in [-0.05, 0) is 0 Å². The summed E-state index contributed by atoms with van der Waals surface area (Å²) in [6.07, 6.45) is 7.01. The summed E-state index contributed by atoms with van der Waals surface area (Å²) in [5, 5.41) is 1.97. The van der Waals surface area contributed by atoms with E-state index in [1.54, 1.807) is 21.3 Å². The first-order valence-electron chi connectivity index (χ1n) is 4.30. The number of rotatable bonds is 4. The van der Waals surface area contributed by atoms with Gasteiger partial charge in [0, 0.05) is 0 Å². The normalized spacial score (nSPS) is 19.7. The molecule has 0 radical (unpaired) electrons. The third-order valence-electron chi connectivity index (χ3n) is 2.90. The molecule has 3 nitrogen and oxygen atoms in total. The third-order valence-corrected chi connectivity index (χ3v) is 10.1. The molecule has 0 saturated carbocycles. The second kappa shape index (κ2) is 3.67. The van der Waals surface area contributed by atoms with Crippen molar-refractivity contribution in [3.63, 3.8) is 0 Å². The molecule has 1 rings (SSSR count). The second-order valence-corrected chi connectivity index (χ2v) is 10.7. The summed E-state index contributed by atoms with van der Waals surface area (Å²) in [4.78, 5) is 0. The van der Waals surface area contributed by atoms with Gasteiger partial charge in [-0.1, -0.05) is 0 Å². The van der Waals surface area contributed by atoms with Crippen molar-refractivity contribution in [2.24, 2.45) is 0 Å². The summed E-state index contributed by atoms with van der Waals surface area (Å²) in [6, 6.07) is 0.